The van der Waals surface area contributed by atoms with Gasteiger partial charge in [-0.05, 0) is 19.4 Å². The number of amides is 4. The second-order valence-corrected chi connectivity index (χ2v) is 6.17. The van der Waals surface area contributed by atoms with E-state index in [1.807, 2.05) is 19.1 Å². The van der Waals surface area contributed by atoms with Gasteiger partial charge in [0.25, 0.3) is 0 Å². The Kier molecular flexibility index (Phi) is 4.24. The Balaban J connectivity index is 2.50. The Bertz CT molecular complexity index is 598. The van der Waals surface area contributed by atoms with Gasteiger partial charge in [0.15, 0.2) is 5.66 Å². The molecule has 1 aliphatic rings. The zero-order valence-electron chi connectivity index (χ0n) is 11.3. The number of imide groups is 1. The first-order valence-corrected chi connectivity index (χ1v) is 7.32. The molecule has 1 aromatic carbocycles. The van der Waals surface area contributed by atoms with Crippen LogP contribution in [-0.4, -0.2) is 24.8 Å². The van der Waals surface area contributed by atoms with Crippen molar-refractivity contribution in [2.24, 2.45) is 0 Å². The van der Waals surface area contributed by atoms with E-state index in [1.54, 1.807) is 19.1 Å². The van der Waals surface area contributed by atoms with Crippen LogP contribution in [0.5, 0.6) is 0 Å². The molecule has 0 bridgehead atoms. The monoisotopic (exact) mass is 391 g/mol. The van der Waals surface area contributed by atoms with E-state index >= 15 is 0 Å². The van der Waals surface area contributed by atoms with Gasteiger partial charge in [0.1, 0.15) is 0 Å². The molecule has 1 saturated heterocycles. The van der Waals surface area contributed by atoms with Crippen LogP contribution in [0.15, 0.2) is 30.8 Å². The maximum atomic E-state index is 12.0. The number of benzene rings is 1. The van der Waals surface area contributed by atoms with Crippen LogP contribution >= 0.6 is 39.7 Å². The van der Waals surface area contributed by atoms with E-state index in [9.17, 15) is 9.59 Å². The SMILES string of the molecule is C=C(C)c1ccc(C2(C)N(Cl)C(=O)N(Cl)C(=O)N2Br)cc1. The van der Waals surface area contributed by atoms with Gasteiger partial charge in [-0.3, -0.25) is 0 Å². The molecule has 5 nitrogen and oxygen atoms in total. The summed E-state index contributed by atoms with van der Waals surface area (Å²) in [4.78, 5) is 23.9. The lowest BCUT2D eigenvalue weighted by Gasteiger charge is -2.46. The highest BCUT2D eigenvalue weighted by Gasteiger charge is 2.52. The van der Waals surface area contributed by atoms with Crippen LogP contribution in [-0.2, 0) is 5.66 Å². The van der Waals surface area contributed by atoms with Crippen LogP contribution in [0.3, 0.4) is 0 Å². The Morgan fingerprint density at radius 2 is 1.71 bits per heavy atom. The molecule has 0 aromatic heterocycles. The molecule has 21 heavy (non-hydrogen) atoms. The Morgan fingerprint density at radius 1 is 1.19 bits per heavy atom. The van der Waals surface area contributed by atoms with Crippen LogP contribution in [0.25, 0.3) is 5.57 Å². The molecule has 1 heterocycles. The normalized spacial score (nSPS) is 22.8. The first-order chi connectivity index (χ1) is 9.71. The van der Waals surface area contributed by atoms with E-state index in [1.165, 1.54) is 0 Å². The zero-order valence-corrected chi connectivity index (χ0v) is 14.4. The smallest absolute Gasteiger partial charge is 0.245 e. The number of allylic oxidation sites excluding steroid dienone is 1. The minimum absolute atomic E-state index is 0.408. The molecule has 0 radical (unpaired) electrons. The summed E-state index contributed by atoms with van der Waals surface area (Å²) in [6.45, 7) is 7.38. The predicted octanol–water partition coefficient (Wildman–Crippen LogP) is 4.67. The van der Waals surface area contributed by atoms with E-state index in [0.29, 0.717) is 9.98 Å². The summed E-state index contributed by atoms with van der Waals surface area (Å²) in [6.07, 6.45) is 0. The highest BCUT2D eigenvalue weighted by molar-refractivity contribution is 9.07. The molecular formula is C13H12BrCl2N3O2. The van der Waals surface area contributed by atoms with Crippen molar-refractivity contribution < 1.29 is 9.59 Å². The van der Waals surface area contributed by atoms with Crippen molar-refractivity contribution in [3.05, 3.63) is 42.0 Å². The standard InChI is InChI=1S/C13H12BrCl2N3O2/c1-8(2)9-4-6-10(7-5-9)13(3)18(14)11(20)17(15)12(21)19(13)16/h4-7H,1H2,2-3H3. The maximum Gasteiger partial charge on any atom is 0.360 e. The van der Waals surface area contributed by atoms with Gasteiger partial charge < -0.3 is 0 Å². The third-order valence-corrected chi connectivity index (χ3v) is 5.12. The third-order valence-electron chi connectivity index (χ3n) is 3.36. The van der Waals surface area contributed by atoms with Crippen molar-refractivity contribution in [1.29, 1.82) is 0 Å². The van der Waals surface area contributed by atoms with Gasteiger partial charge in [-0.15, -0.1) is 4.42 Å². The molecule has 112 valence electrons. The molecule has 0 aliphatic carbocycles. The van der Waals surface area contributed by atoms with Crippen LogP contribution in [0, 0.1) is 0 Å². The van der Waals surface area contributed by atoms with Gasteiger partial charge in [-0.25, -0.2) is 17.9 Å². The molecule has 4 amide bonds. The molecular weight excluding hydrogens is 381 g/mol. The number of carbonyl (C=O) groups is 2. The molecule has 1 atom stereocenters. The quantitative estimate of drug-likeness (QED) is 0.686. The highest BCUT2D eigenvalue weighted by Crippen LogP contribution is 2.41. The Morgan fingerprint density at radius 3 is 2.19 bits per heavy atom. The lowest BCUT2D eigenvalue weighted by molar-refractivity contribution is 0.0773. The molecule has 0 spiro atoms. The summed E-state index contributed by atoms with van der Waals surface area (Å²) in [5.41, 5.74) is 1.30. The largest absolute Gasteiger partial charge is 0.360 e. The minimum Gasteiger partial charge on any atom is -0.245 e. The van der Waals surface area contributed by atoms with Gasteiger partial charge in [-0.1, -0.05) is 36.4 Å². The second-order valence-electron chi connectivity index (χ2n) is 4.79. The molecule has 0 saturated carbocycles. The van der Waals surface area contributed by atoms with Crippen molar-refractivity contribution in [3.8, 4) is 0 Å². The zero-order chi connectivity index (χ0) is 15.9. The van der Waals surface area contributed by atoms with Crippen molar-refractivity contribution in [1.82, 2.24) is 12.8 Å². The predicted molar refractivity (Wildman–Crippen MR) is 85.4 cm³/mol. The fourth-order valence-electron chi connectivity index (χ4n) is 1.98. The molecule has 1 unspecified atom stereocenters. The number of hydrogen-bond donors (Lipinski definition) is 0. The molecule has 1 aromatic rings. The maximum absolute atomic E-state index is 12.0. The summed E-state index contributed by atoms with van der Waals surface area (Å²) >= 11 is 14.8. The number of halogens is 3. The Labute approximate surface area is 141 Å². The van der Waals surface area contributed by atoms with Crippen molar-refractivity contribution >= 4 is 57.3 Å². The van der Waals surface area contributed by atoms with Gasteiger partial charge in [-0.2, -0.15) is 0 Å². The van der Waals surface area contributed by atoms with Gasteiger partial charge in [0.2, 0.25) is 0 Å². The van der Waals surface area contributed by atoms with E-state index in [2.05, 4.69) is 22.7 Å². The summed E-state index contributed by atoms with van der Waals surface area (Å²) in [7, 11) is 0. The molecule has 2 rings (SSSR count). The Hall–Kier alpha value is -1.24. The topological polar surface area (TPSA) is 43.9 Å². The van der Waals surface area contributed by atoms with Crippen LogP contribution in [0.2, 0.25) is 0 Å². The van der Waals surface area contributed by atoms with E-state index in [-0.39, 0.29) is 0 Å². The number of nitrogens with zero attached hydrogens (tertiary/aromatic N) is 3. The summed E-state index contributed by atoms with van der Waals surface area (Å²) in [5.74, 6) is 0. The average Bonchev–Trinajstić information content (AvgIpc) is 2.49. The first kappa shape index (κ1) is 16.1. The van der Waals surface area contributed by atoms with E-state index in [4.69, 9.17) is 23.6 Å². The lowest BCUT2D eigenvalue weighted by atomic mass is 9.97. The van der Waals surface area contributed by atoms with Crippen molar-refractivity contribution in [3.63, 3.8) is 0 Å². The van der Waals surface area contributed by atoms with E-state index < -0.39 is 17.7 Å². The fourth-order valence-corrected chi connectivity index (χ4v) is 3.13. The highest BCUT2D eigenvalue weighted by atomic mass is 79.9. The van der Waals surface area contributed by atoms with Crippen molar-refractivity contribution in [2.75, 3.05) is 0 Å². The van der Waals surface area contributed by atoms with Gasteiger partial charge in [0, 0.05) is 29.1 Å². The average molecular weight is 393 g/mol. The number of urea groups is 2. The second kappa shape index (κ2) is 5.51. The first-order valence-electron chi connectivity index (χ1n) is 5.93. The van der Waals surface area contributed by atoms with Gasteiger partial charge >= 0.3 is 12.1 Å². The van der Waals surface area contributed by atoms with Crippen molar-refractivity contribution in [2.45, 2.75) is 19.5 Å². The summed E-state index contributed by atoms with van der Waals surface area (Å²) in [5, 5.41) is 0. The fraction of sp³-hybridized carbons (Fsp3) is 0.231. The molecule has 1 fully saturated rings. The number of hydrogen-bond acceptors (Lipinski definition) is 2. The van der Waals surface area contributed by atoms with E-state index in [0.717, 1.165) is 19.5 Å². The number of rotatable bonds is 2. The summed E-state index contributed by atoms with van der Waals surface area (Å²) in [6, 6.07) is 5.71. The van der Waals surface area contributed by atoms with Crippen LogP contribution in [0.4, 0.5) is 9.59 Å². The van der Waals surface area contributed by atoms with Crippen LogP contribution < -0.4 is 0 Å². The number of carbonyl (C=O) groups excluding carboxylic acids is 2. The summed E-state index contributed by atoms with van der Waals surface area (Å²) < 4.78 is 2.40. The molecule has 8 heteroatoms. The van der Waals surface area contributed by atoms with Crippen LogP contribution in [0.1, 0.15) is 25.0 Å². The molecule has 1 aliphatic heterocycles. The minimum atomic E-state index is -1.21. The lowest BCUT2D eigenvalue weighted by Crippen LogP contribution is -2.62. The molecule has 0 N–H and O–H groups in total. The van der Waals surface area contributed by atoms with Gasteiger partial charge in [0.05, 0.1) is 16.1 Å². The third kappa shape index (κ3) is 2.41.